The number of benzene rings is 2. The average molecular weight is 534 g/mol. The van der Waals surface area contributed by atoms with Crippen molar-refractivity contribution in [1.29, 1.82) is 0 Å². The van der Waals surface area contributed by atoms with Crippen LogP contribution in [0.15, 0.2) is 68.0 Å². The van der Waals surface area contributed by atoms with Crippen molar-refractivity contribution in [3.63, 3.8) is 0 Å². The molecule has 0 aliphatic carbocycles. The number of aromatic hydroxyl groups is 1. The standard InChI is InChI=1S/C23H18BrClN2O4S/c1-3-31-22(30)19-12(2)26-23-27(20(19)13-4-6-15(24)7-5-13)21(29)18(32-23)11-14-10-16(25)8-9-17(14)28/h4-11,20,28H,3H2,1-2H3. The molecule has 0 bridgehead atoms. The third kappa shape index (κ3) is 4.18. The molecule has 1 unspecified atom stereocenters. The number of carbonyl (C=O) groups excluding carboxylic acids is 1. The number of nitrogens with zero attached hydrogens (tertiary/aromatic N) is 2. The van der Waals surface area contributed by atoms with Crippen molar-refractivity contribution < 1.29 is 14.6 Å². The van der Waals surface area contributed by atoms with Gasteiger partial charge >= 0.3 is 5.97 Å². The highest BCUT2D eigenvalue weighted by Crippen LogP contribution is 2.31. The highest BCUT2D eigenvalue weighted by Gasteiger charge is 2.33. The minimum Gasteiger partial charge on any atom is -0.507 e. The third-order valence-electron chi connectivity index (χ3n) is 4.98. The Labute approximate surface area is 200 Å². The summed E-state index contributed by atoms with van der Waals surface area (Å²) in [5.41, 5.74) is 1.66. The molecule has 0 radical (unpaired) electrons. The Balaban J connectivity index is 1.97. The maximum Gasteiger partial charge on any atom is 0.338 e. The maximum absolute atomic E-state index is 13.5. The molecule has 0 saturated heterocycles. The number of hydrogen-bond donors (Lipinski definition) is 1. The van der Waals surface area contributed by atoms with Gasteiger partial charge in [-0.15, -0.1) is 0 Å². The van der Waals surface area contributed by atoms with Crippen LogP contribution in [0.2, 0.25) is 5.02 Å². The second-order valence-corrected chi connectivity index (χ2v) is 9.42. The number of esters is 1. The quantitative estimate of drug-likeness (QED) is 0.516. The molecule has 9 heteroatoms. The van der Waals surface area contributed by atoms with Crippen LogP contribution in [0.5, 0.6) is 5.75 Å². The van der Waals surface area contributed by atoms with Gasteiger partial charge in [-0.25, -0.2) is 9.79 Å². The second kappa shape index (κ2) is 9.05. The molecular weight excluding hydrogens is 516 g/mol. The van der Waals surface area contributed by atoms with Gasteiger partial charge in [0.1, 0.15) is 5.75 Å². The van der Waals surface area contributed by atoms with Gasteiger partial charge in [-0.1, -0.05) is 51.0 Å². The molecule has 32 heavy (non-hydrogen) atoms. The molecule has 1 N–H and O–H groups in total. The van der Waals surface area contributed by atoms with Crippen LogP contribution in [-0.2, 0) is 9.53 Å². The summed E-state index contributed by atoms with van der Waals surface area (Å²) < 4.78 is 8.02. The van der Waals surface area contributed by atoms with Crippen molar-refractivity contribution in [2.45, 2.75) is 19.9 Å². The maximum atomic E-state index is 13.5. The summed E-state index contributed by atoms with van der Waals surface area (Å²) in [5, 5.41) is 10.6. The van der Waals surface area contributed by atoms with Crippen LogP contribution in [0.1, 0.15) is 31.0 Å². The van der Waals surface area contributed by atoms with E-state index in [1.807, 2.05) is 24.3 Å². The molecular formula is C23H18BrClN2O4S. The number of aromatic nitrogens is 1. The Kier molecular flexibility index (Phi) is 6.37. The Morgan fingerprint density at radius 1 is 1.31 bits per heavy atom. The number of carbonyl (C=O) groups is 1. The molecule has 1 aromatic heterocycles. The van der Waals surface area contributed by atoms with E-state index < -0.39 is 12.0 Å². The molecule has 2 aromatic carbocycles. The molecule has 4 rings (SSSR count). The Bertz CT molecular complexity index is 1420. The third-order valence-corrected chi connectivity index (χ3v) is 6.73. The van der Waals surface area contributed by atoms with Crippen molar-refractivity contribution in [1.82, 2.24) is 4.57 Å². The number of phenols is 1. The summed E-state index contributed by atoms with van der Waals surface area (Å²) in [6, 6.07) is 11.3. The van der Waals surface area contributed by atoms with Crippen molar-refractivity contribution >= 4 is 50.9 Å². The summed E-state index contributed by atoms with van der Waals surface area (Å²) >= 11 is 10.7. The first kappa shape index (κ1) is 22.5. The van der Waals surface area contributed by atoms with Crippen LogP contribution in [0, 0.1) is 0 Å². The van der Waals surface area contributed by atoms with E-state index in [-0.39, 0.29) is 17.9 Å². The van der Waals surface area contributed by atoms with Gasteiger partial charge in [0, 0.05) is 15.1 Å². The normalized spacial score (nSPS) is 16.0. The summed E-state index contributed by atoms with van der Waals surface area (Å²) in [5.74, 6) is -0.503. The monoisotopic (exact) mass is 532 g/mol. The molecule has 3 aromatic rings. The first-order chi connectivity index (χ1) is 15.3. The van der Waals surface area contributed by atoms with Crippen molar-refractivity contribution in [3.8, 4) is 5.75 Å². The summed E-state index contributed by atoms with van der Waals surface area (Å²) in [4.78, 5) is 31.3. The van der Waals surface area contributed by atoms with E-state index in [1.54, 1.807) is 32.1 Å². The van der Waals surface area contributed by atoms with E-state index in [1.165, 1.54) is 22.0 Å². The number of hydrogen-bond acceptors (Lipinski definition) is 6. The highest BCUT2D eigenvalue weighted by molar-refractivity contribution is 9.10. The van der Waals surface area contributed by atoms with Gasteiger partial charge in [0.25, 0.3) is 5.56 Å². The summed E-state index contributed by atoms with van der Waals surface area (Å²) in [6.45, 7) is 3.67. The average Bonchev–Trinajstić information content (AvgIpc) is 3.05. The fourth-order valence-corrected chi connectivity index (χ4v) is 5.02. The fraction of sp³-hybridized carbons (Fsp3) is 0.174. The SMILES string of the molecule is CCOC(=O)C1=C(C)N=c2sc(=Cc3cc(Cl)ccc3O)c(=O)n2C1c1ccc(Br)cc1. The van der Waals surface area contributed by atoms with E-state index >= 15 is 0 Å². The number of halogens is 2. The minimum absolute atomic E-state index is 0.00749. The van der Waals surface area contributed by atoms with Crippen LogP contribution >= 0.6 is 38.9 Å². The lowest BCUT2D eigenvalue weighted by atomic mass is 9.96. The predicted molar refractivity (Wildman–Crippen MR) is 128 cm³/mol. The number of rotatable bonds is 4. The smallest absolute Gasteiger partial charge is 0.338 e. The topological polar surface area (TPSA) is 80.9 Å². The lowest BCUT2D eigenvalue weighted by molar-refractivity contribution is -0.139. The number of phenolic OH excluding ortho intramolecular Hbond substituents is 1. The van der Waals surface area contributed by atoms with Crippen molar-refractivity contribution in [2.75, 3.05) is 6.61 Å². The van der Waals surface area contributed by atoms with E-state index in [0.717, 1.165) is 10.0 Å². The largest absolute Gasteiger partial charge is 0.507 e. The Hall–Kier alpha value is -2.68. The Morgan fingerprint density at radius 3 is 2.72 bits per heavy atom. The number of allylic oxidation sites excluding steroid dienone is 1. The van der Waals surface area contributed by atoms with E-state index in [4.69, 9.17) is 16.3 Å². The molecule has 2 heterocycles. The number of thiazole rings is 1. The summed E-state index contributed by atoms with van der Waals surface area (Å²) in [6.07, 6.45) is 1.58. The van der Waals surface area contributed by atoms with Gasteiger partial charge in [-0.2, -0.15) is 0 Å². The van der Waals surface area contributed by atoms with Crippen LogP contribution in [0.4, 0.5) is 0 Å². The fourth-order valence-electron chi connectivity index (χ4n) is 3.53. The lowest BCUT2D eigenvalue weighted by Gasteiger charge is -2.24. The number of ether oxygens (including phenoxy) is 1. The molecule has 164 valence electrons. The van der Waals surface area contributed by atoms with Crippen LogP contribution < -0.4 is 14.9 Å². The van der Waals surface area contributed by atoms with E-state index in [9.17, 15) is 14.7 Å². The minimum atomic E-state index is -0.687. The van der Waals surface area contributed by atoms with Gasteiger partial charge in [0.15, 0.2) is 4.80 Å². The molecule has 1 aliphatic rings. The van der Waals surface area contributed by atoms with Crippen LogP contribution in [0.25, 0.3) is 6.08 Å². The zero-order valence-corrected chi connectivity index (χ0v) is 20.3. The first-order valence-corrected chi connectivity index (χ1v) is 11.7. The van der Waals surface area contributed by atoms with Gasteiger partial charge in [0.2, 0.25) is 0 Å². The number of fused-ring (bicyclic) bond motifs is 1. The van der Waals surface area contributed by atoms with Gasteiger partial charge in [-0.05, 0) is 55.8 Å². The van der Waals surface area contributed by atoms with Crippen molar-refractivity contribution in [3.05, 3.63) is 94.0 Å². The Morgan fingerprint density at radius 2 is 2.03 bits per heavy atom. The molecule has 1 aliphatic heterocycles. The molecule has 1 atom stereocenters. The molecule has 0 spiro atoms. The van der Waals surface area contributed by atoms with Crippen LogP contribution in [-0.4, -0.2) is 22.2 Å². The lowest BCUT2D eigenvalue weighted by Crippen LogP contribution is -2.39. The predicted octanol–water partition coefficient (Wildman–Crippen LogP) is 3.92. The first-order valence-electron chi connectivity index (χ1n) is 9.73. The molecule has 0 fully saturated rings. The summed E-state index contributed by atoms with van der Waals surface area (Å²) in [7, 11) is 0. The highest BCUT2D eigenvalue weighted by atomic mass is 79.9. The van der Waals surface area contributed by atoms with E-state index in [2.05, 4.69) is 20.9 Å². The zero-order valence-electron chi connectivity index (χ0n) is 17.1. The zero-order chi connectivity index (χ0) is 23.0. The second-order valence-electron chi connectivity index (χ2n) is 7.06. The van der Waals surface area contributed by atoms with Crippen molar-refractivity contribution in [2.24, 2.45) is 4.99 Å². The molecule has 0 amide bonds. The van der Waals surface area contributed by atoms with Crippen LogP contribution in [0.3, 0.4) is 0 Å². The van der Waals surface area contributed by atoms with Gasteiger partial charge < -0.3 is 9.84 Å². The molecule has 6 nitrogen and oxygen atoms in total. The van der Waals surface area contributed by atoms with Gasteiger partial charge in [0.05, 0.1) is 28.5 Å². The van der Waals surface area contributed by atoms with Gasteiger partial charge in [-0.3, -0.25) is 9.36 Å². The van der Waals surface area contributed by atoms with E-state index in [0.29, 0.717) is 31.2 Å². The molecule has 0 saturated carbocycles.